The van der Waals surface area contributed by atoms with Crippen LogP contribution in [0.15, 0.2) is 72.9 Å². The molecular weight excluding hydrogens is 436 g/mol. The summed E-state index contributed by atoms with van der Waals surface area (Å²) in [6.45, 7) is 9.79. The van der Waals surface area contributed by atoms with E-state index in [4.69, 9.17) is 27.6 Å². The van der Waals surface area contributed by atoms with Crippen molar-refractivity contribution in [2.24, 2.45) is 0 Å². The fourth-order valence-electron chi connectivity index (χ4n) is 3.36. The minimum atomic E-state index is 0.127. The summed E-state index contributed by atoms with van der Waals surface area (Å²) in [7, 11) is 0. The molecule has 33 heavy (non-hydrogen) atoms. The van der Waals surface area contributed by atoms with Crippen molar-refractivity contribution in [1.29, 1.82) is 0 Å². The highest BCUT2D eigenvalue weighted by molar-refractivity contribution is 6.31. The first kappa shape index (κ1) is 22.3. The van der Waals surface area contributed by atoms with Crippen molar-refractivity contribution in [1.82, 2.24) is 4.98 Å². The molecule has 0 aliphatic heterocycles. The van der Waals surface area contributed by atoms with Crippen LogP contribution in [0.4, 0.5) is 5.69 Å². The van der Waals surface area contributed by atoms with Crippen molar-refractivity contribution < 1.29 is 14.3 Å². The fraction of sp³-hybridized carbons (Fsp3) is 0.148. The van der Waals surface area contributed by atoms with Crippen LogP contribution >= 0.6 is 11.6 Å². The number of aromatic nitrogens is 1. The number of rotatable bonds is 8. The highest BCUT2D eigenvalue weighted by Crippen LogP contribution is 2.38. The van der Waals surface area contributed by atoms with E-state index in [0.717, 1.165) is 11.1 Å². The van der Waals surface area contributed by atoms with E-state index in [1.165, 1.54) is 0 Å². The molecule has 1 heterocycles. The second-order valence-corrected chi connectivity index (χ2v) is 7.86. The number of carbonyl (C=O) groups is 1. The van der Waals surface area contributed by atoms with Gasteiger partial charge < -0.3 is 9.47 Å². The number of Topliss-reactive ketones (excluding diaryl/α,β-unsaturated/α-hetero) is 1. The van der Waals surface area contributed by atoms with Crippen LogP contribution in [0.25, 0.3) is 15.7 Å². The molecule has 0 saturated heterocycles. The highest BCUT2D eigenvalue weighted by atomic mass is 35.5. The molecule has 0 N–H and O–H groups in total. The third kappa shape index (κ3) is 5.31. The Hall–Kier alpha value is -3.88. The lowest BCUT2D eigenvalue weighted by atomic mass is 10.1. The molecule has 5 nitrogen and oxygen atoms in total. The van der Waals surface area contributed by atoms with E-state index in [1.54, 1.807) is 42.6 Å². The summed E-state index contributed by atoms with van der Waals surface area (Å²) in [6, 6.07) is 20.3. The van der Waals surface area contributed by atoms with Gasteiger partial charge in [-0.15, -0.1) is 0 Å². The van der Waals surface area contributed by atoms with Gasteiger partial charge in [0.2, 0.25) is 5.69 Å². The third-order valence-corrected chi connectivity index (χ3v) is 5.53. The Balaban J connectivity index is 1.61. The molecule has 0 atom stereocenters. The van der Waals surface area contributed by atoms with Crippen molar-refractivity contribution in [2.45, 2.75) is 26.4 Å². The summed E-state index contributed by atoms with van der Waals surface area (Å²) >= 11 is 6.37. The molecule has 0 saturated carbocycles. The normalized spacial score (nSPS) is 10.6. The standard InChI is InChI=1S/C27H21ClN2O3/c1-3-20(31)13-19-9-10-21(14-23(19)28)33-26-11-12-30-24-16-27(25(29-2)15-22(24)26)32-17-18-7-5-4-6-8-18/h4-12,14-16H,3,13,17H2,1H3. The minimum absolute atomic E-state index is 0.127. The van der Waals surface area contributed by atoms with E-state index in [0.29, 0.717) is 58.3 Å². The van der Waals surface area contributed by atoms with Crippen LogP contribution in [0.2, 0.25) is 5.02 Å². The summed E-state index contributed by atoms with van der Waals surface area (Å²) in [4.78, 5) is 19.8. The summed E-state index contributed by atoms with van der Waals surface area (Å²) in [6.07, 6.45) is 2.41. The average molecular weight is 457 g/mol. The Morgan fingerprint density at radius 3 is 2.61 bits per heavy atom. The number of hydrogen-bond donors (Lipinski definition) is 0. The first-order valence-electron chi connectivity index (χ1n) is 10.5. The molecule has 0 aliphatic carbocycles. The predicted molar refractivity (Wildman–Crippen MR) is 129 cm³/mol. The summed E-state index contributed by atoms with van der Waals surface area (Å²) in [5.41, 5.74) is 2.81. The number of nitrogens with zero attached hydrogens (tertiary/aromatic N) is 2. The number of halogens is 1. The highest BCUT2D eigenvalue weighted by Gasteiger charge is 2.13. The molecule has 0 radical (unpaired) electrons. The number of ketones is 1. The van der Waals surface area contributed by atoms with Crippen LogP contribution in [-0.4, -0.2) is 10.8 Å². The van der Waals surface area contributed by atoms with Crippen LogP contribution < -0.4 is 9.47 Å². The maximum atomic E-state index is 11.7. The first-order valence-corrected chi connectivity index (χ1v) is 10.9. The van der Waals surface area contributed by atoms with E-state index in [9.17, 15) is 4.79 Å². The lowest BCUT2D eigenvalue weighted by Crippen LogP contribution is -2.01. The van der Waals surface area contributed by atoms with Gasteiger partial charge in [0.05, 0.1) is 12.1 Å². The number of ether oxygens (including phenoxy) is 2. The third-order valence-electron chi connectivity index (χ3n) is 5.17. The fourth-order valence-corrected chi connectivity index (χ4v) is 3.60. The van der Waals surface area contributed by atoms with Gasteiger partial charge in [-0.3, -0.25) is 9.78 Å². The van der Waals surface area contributed by atoms with Crippen molar-refractivity contribution in [2.75, 3.05) is 0 Å². The first-order chi connectivity index (χ1) is 16.1. The average Bonchev–Trinajstić information content (AvgIpc) is 2.84. The molecule has 0 unspecified atom stereocenters. The molecule has 0 amide bonds. The SMILES string of the molecule is [C-]#[N+]c1cc2c(Oc3ccc(CC(=O)CC)c(Cl)c3)ccnc2cc1OCc1ccccc1. The van der Waals surface area contributed by atoms with Crippen molar-refractivity contribution in [3.05, 3.63) is 100 Å². The van der Waals surface area contributed by atoms with Gasteiger partial charge in [0.1, 0.15) is 29.6 Å². The quantitative estimate of drug-likeness (QED) is 0.260. The molecular formula is C27H21ClN2O3. The molecule has 3 aromatic carbocycles. The Kier molecular flexibility index (Phi) is 6.87. The Morgan fingerprint density at radius 2 is 1.88 bits per heavy atom. The topological polar surface area (TPSA) is 52.8 Å². The van der Waals surface area contributed by atoms with Gasteiger partial charge in [0, 0.05) is 29.4 Å². The number of pyridine rings is 1. The summed E-state index contributed by atoms with van der Waals surface area (Å²) < 4.78 is 12.0. The van der Waals surface area contributed by atoms with Gasteiger partial charge in [-0.1, -0.05) is 54.9 Å². The van der Waals surface area contributed by atoms with Crippen LogP contribution in [0, 0.1) is 6.57 Å². The number of hydrogen-bond acceptors (Lipinski definition) is 4. The molecule has 1 aromatic heterocycles. The van der Waals surface area contributed by atoms with Gasteiger partial charge in [-0.25, -0.2) is 4.85 Å². The lowest BCUT2D eigenvalue weighted by molar-refractivity contribution is -0.118. The molecule has 0 fully saturated rings. The largest absolute Gasteiger partial charge is 0.500 e. The zero-order valence-electron chi connectivity index (χ0n) is 18.0. The van der Waals surface area contributed by atoms with E-state index in [1.807, 2.05) is 37.3 Å². The molecule has 164 valence electrons. The van der Waals surface area contributed by atoms with Crippen molar-refractivity contribution >= 4 is 34.0 Å². The van der Waals surface area contributed by atoms with E-state index in [-0.39, 0.29) is 5.78 Å². The zero-order valence-corrected chi connectivity index (χ0v) is 18.8. The Bertz CT molecular complexity index is 1350. The predicted octanol–water partition coefficient (Wildman–Crippen LogP) is 7.33. The second-order valence-electron chi connectivity index (χ2n) is 7.46. The monoisotopic (exact) mass is 456 g/mol. The van der Waals surface area contributed by atoms with Gasteiger partial charge in [-0.2, -0.15) is 0 Å². The lowest BCUT2D eigenvalue weighted by Gasteiger charge is -2.13. The van der Waals surface area contributed by atoms with Gasteiger partial charge >= 0.3 is 0 Å². The second kappa shape index (κ2) is 10.2. The van der Waals surface area contributed by atoms with Gasteiger partial charge in [0.25, 0.3) is 0 Å². The maximum absolute atomic E-state index is 11.7. The molecule has 0 spiro atoms. The molecule has 0 aliphatic rings. The van der Waals surface area contributed by atoms with E-state index in [2.05, 4.69) is 9.83 Å². The minimum Gasteiger partial charge on any atom is -0.500 e. The Labute approximate surface area is 197 Å². The van der Waals surface area contributed by atoms with Gasteiger partial charge in [0.15, 0.2) is 0 Å². The van der Waals surface area contributed by atoms with E-state index < -0.39 is 0 Å². The molecule has 4 aromatic rings. The van der Waals surface area contributed by atoms with Crippen LogP contribution in [-0.2, 0) is 17.8 Å². The van der Waals surface area contributed by atoms with Crippen LogP contribution in [0.3, 0.4) is 0 Å². The van der Waals surface area contributed by atoms with Crippen LogP contribution in [0.5, 0.6) is 17.2 Å². The smallest absolute Gasteiger partial charge is 0.229 e. The summed E-state index contributed by atoms with van der Waals surface area (Å²) in [5.74, 6) is 1.68. The van der Waals surface area contributed by atoms with Crippen molar-refractivity contribution in [3.8, 4) is 17.2 Å². The molecule has 0 bridgehead atoms. The zero-order chi connectivity index (χ0) is 23.2. The maximum Gasteiger partial charge on any atom is 0.229 e. The van der Waals surface area contributed by atoms with E-state index >= 15 is 0 Å². The summed E-state index contributed by atoms with van der Waals surface area (Å²) in [5, 5.41) is 1.17. The van der Waals surface area contributed by atoms with Gasteiger partial charge in [-0.05, 0) is 41.5 Å². The van der Waals surface area contributed by atoms with Crippen molar-refractivity contribution in [3.63, 3.8) is 0 Å². The number of fused-ring (bicyclic) bond motifs is 1. The number of benzene rings is 3. The Morgan fingerprint density at radius 1 is 1.06 bits per heavy atom. The molecule has 4 rings (SSSR count). The number of carbonyl (C=O) groups excluding carboxylic acids is 1. The molecule has 6 heteroatoms. The van der Waals surface area contributed by atoms with Crippen LogP contribution in [0.1, 0.15) is 24.5 Å².